The first kappa shape index (κ1) is 14.7. The van der Waals surface area contributed by atoms with Crippen molar-refractivity contribution in [3.8, 4) is 0 Å². The van der Waals surface area contributed by atoms with Crippen molar-refractivity contribution in [3.63, 3.8) is 0 Å². The van der Waals surface area contributed by atoms with E-state index in [1.165, 1.54) is 0 Å². The zero-order valence-electron chi connectivity index (χ0n) is 10.1. The molecule has 0 radical (unpaired) electrons. The summed E-state index contributed by atoms with van der Waals surface area (Å²) in [6.07, 6.45) is 2.39. The van der Waals surface area contributed by atoms with Gasteiger partial charge in [-0.15, -0.1) is 0 Å². The molecule has 0 aliphatic heterocycles. The molecule has 6 heteroatoms. The maximum atomic E-state index is 11.2. The predicted octanol–water partition coefficient (Wildman–Crippen LogP) is 1.21. The van der Waals surface area contributed by atoms with E-state index in [-0.39, 0.29) is 13.1 Å². The molecule has 0 aliphatic carbocycles. The zero-order chi connectivity index (χ0) is 13.1. The summed E-state index contributed by atoms with van der Waals surface area (Å²) in [5.74, 6) is -0.609. The van der Waals surface area contributed by atoms with Crippen LogP contribution in [0.3, 0.4) is 0 Å². The van der Waals surface area contributed by atoms with E-state index in [1.54, 1.807) is 10.9 Å². The lowest BCUT2D eigenvalue weighted by atomic mass is 10.2. The van der Waals surface area contributed by atoms with Crippen LogP contribution in [-0.4, -0.2) is 20.7 Å². The van der Waals surface area contributed by atoms with E-state index in [2.05, 4.69) is 10.1 Å². The summed E-state index contributed by atoms with van der Waals surface area (Å²) in [5.41, 5.74) is 13.2. The van der Waals surface area contributed by atoms with Crippen LogP contribution in [0, 0.1) is 0 Å². The fourth-order valence-electron chi connectivity index (χ4n) is 1.84. The van der Waals surface area contributed by atoms with Crippen LogP contribution < -0.4 is 11.5 Å². The maximum absolute atomic E-state index is 11.2. The van der Waals surface area contributed by atoms with Gasteiger partial charge < -0.3 is 11.5 Å². The van der Waals surface area contributed by atoms with Gasteiger partial charge in [-0.05, 0) is 18.6 Å². The Morgan fingerprint density at radius 2 is 2.16 bits per heavy atom. The minimum Gasteiger partial charge on any atom is -0.395 e. The Morgan fingerprint density at radius 3 is 2.68 bits per heavy atom. The Hall–Kier alpha value is -2.37. The molecule has 2 heterocycles. The highest BCUT2D eigenvalue weighted by Crippen LogP contribution is 2.18. The number of hydrogen-bond acceptors (Lipinski definition) is 4. The van der Waals surface area contributed by atoms with Gasteiger partial charge in [-0.3, -0.25) is 14.5 Å². The first-order valence-electron chi connectivity index (χ1n) is 5.68. The van der Waals surface area contributed by atoms with Crippen molar-refractivity contribution in [1.29, 1.82) is 0 Å². The van der Waals surface area contributed by atoms with Crippen LogP contribution in [0.1, 0.15) is 36.2 Å². The topological polar surface area (TPSA) is 99.8 Å². The third kappa shape index (κ3) is 2.90. The third-order valence-electron chi connectivity index (χ3n) is 2.70. The van der Waals surface area contributed by atoms with Gasteiger partial charge in [0, 0.05) is 6.20 Å². The Balaban J connectivity index is 0.00000180. The molecule has 19 heavy (non-hydrogen) atoms. The molecule has 0 aromatic carbocycles. The highest BCUT2D eigenvalue weighted by atomic mass is 16.1. The second-order valence-corrected chi connectivity index (χ2v) is 3.91. The first-order chi connectivity index (χ1) is 8.63. The van der Waals surface area contributed by atoms with Crippen LogP contribution in [0.4, 0.5) is 5.69 Å². The summed E-state index contributed by atoms with van der Waals surface area (Å²) in [4.78, 5) is 15.4. The SMILES string of the molecule is C.CCc1c(N)c(C(N)=O)nn1Cc1ccccn1. The number of aromatic nitrogens is 3. The van der Waals surface area contributed by atoms with Gasteiger partial charge in [0.2, 0.25) is 0 Å². The lowest BCUT2D eigenvalue weighted by Gasteiger charge is -2.05. The summed E-state index contributed by atoms with van der Waals surface area (Å²) in [7, 11) is 0. The number of nitrogens with two attached hydrogens (primary N) is 2. The largest absolute Gasteiger partial charge is 0.395 e. The van der Waals surface area contributed by atoms with Crippen LogP contribution >= 0.6 is 0 Å². The molecule has 6 nitrogen and oxygen atoms in total. The van der Waals surface area contributed by atoms with E-state index < -0.39 is 5.91 Å². The quantitative estimate of drug-likeness (QED) is 0.863. The van der Waals surface area contributed by atoms with Crippen LogP contribution in [0.2, 0.25) is 0 Å². The zero-order valence-corrected chi connectivity index (χ0v) is 10.1. The Kier molecular flexibility index (Phi) is 4.63. The average Bonchev–Trinajstić information content (AvgIpc) is 2.67. The summed E-state index contributed by atoms with van der Waals surface area (Å²) in [6.45, 7) is 2.43. The number of primary amides is 1. The standard InChI is InChI=1S/C12H15N5O.CH4/c1-2-9-10(13)11(12(14)18)16-17(9)7-8-5-3-4-6-15-8;/h3-6H,2,7,13H2,1H3,(H2,14,18);1H4. The second kappa shape index (κ2) is 5.99. The molecule has 2 aromatic heterocycles. The molecule has 2 rings (SSSR count). The molecule has 0 spiro atoms. The fraction of sp³-hybridized carbons (Fsp3) is 0.308. The summed E-state index contributed by atoms with van der Waals surface area (Å²) < 4.78 is 1.68. The Labute approximate surface area is 112 Å². The summed E-state index contributed by atoms with van der Waals surface area (Å²) in [6, 6.07) is 5.63. The molecule has 102 valence electrons. The van der Waals surface area contributed by atoms with Gasteiger partial charge in [-0.25, -0.2) is 0 Å². The van der Waals surface area contributed by atoms with Crippen molar-refractivity contribution in [1.82, 2.24) is 14.8 Å². The summed E-state index contributed by atoms with van der Waals surface area (Å²) >= 11 is 0. The fourth-order valence-corrected chi connectivity index (χ4v) is 1.84. The molecule has 0 saturated heterocycles. The minimum absolute atomic E-state index is 0. The number of anilines is 1. The van der Waals surface area contributed by atoms with Crippen LogP contribution in [0.5, 0.6) is 0 Å². The summed E-state index contributed by atoms with van der Waals surface area (Å²) in [5, 5.41) is 4.15. The van der Waals surface area contributed by atoms with Crippen molar-refractivity contribution < 1.29 is 4.79 Å². The molecule has 0 saturated carbocycles. The highest BCUT2D eigenvalue weighted by molar-refractivity contribution is 5.96. The number of rotatable bonds is 4. The number of hydrogen-bond donors (Lipinski definition) is 2. The third-order valence-corrected chi connectivity index (χ3v) is 2.70. The van der Waals surface area contributed by atoms with E-state index in [0.29, 0.717) is 18.7 Å². The minimum atomic E-state index is -0.609. The van der Waals surface area contributed by atoms with Crippen molar-refractivity contribution in [2.75, 3.05) is 5.73 Å². The number of nitrogen functional groups attached to an aromatic ring is 1. The Morgan fingerprint density at radius 1 is 1.42 bits per heavy atom. The Bertz CT molecular complexity index is 562. The van der Waals surface area contributed by atoms with Crippen LogP contribution in [-0.2, 0) is 13.0 Å². The molecule has 0 aliphatic rings. The van der Waals surface area contributed by atoms with Gasteiger partial charge in [0.05, 0.1) is 23.6 Å². The maximum Gasteiger partial charge on any atom is 0.271 e. The van der Waals surface area contributed by atoms with Crippen molar-refractivity contribution in [2.24, 2.45) is 5.73 Å². The molecular formula is C13H19N5O. The van der Waals surface area contributed by atoms with E-state index in [1.807, 2.05) is 25.1 Å². The lowest BCUT2D eigenvalue weighted by molar-refractivity contribution is 0.0995. The van der Waals surface area contributed by atoms with E-state index in [0.717, 1.165) is 11.4 Å². The number of pyridine rings is 1. The van der Waals surface area contributed by atoms with Gasteiger partial charge in [-0.1, -0.05) is 20.4 Å². The average molecular weight is 261 g/mol. The number of carbonyl (C=O) groups is 1. The highest BCUT2D eigenvalue weighted by Gasteiger charge is 2.17. The first-order valence-corrected chi connectivity index (χ1v) is 5.68. The molecular weight excluding hydrogens is 242 g/mol. The van der Waals surface area contributed by atoms with Gasteiger partial charge in [0.1, 0.15) is 0 Å². The molecule has 0 bridgehead atoms. The van der Waals surface area contributed by atoms with Crippen molar-refractivity contribution in [2.45, 2.75) is 27.3 Å². The van der Waals surface area contributed by atoms with E-state index in [9.17, 15) is 4.79 Å². The van der Waals surface area contributed by atoms with Crippen molar-refractivity contribution >= 4 is 11.6 Å². The van der Waals surface area contributed by atoms with Crippen LogP contribution in [0.15, 0.2) is 24.4 Å². The normalized spacial score (nSPS) is 9.95. The van der Waals surface area contributed by atoms with Gasteiger partial charge in [-0.2, -0.15) is 5.10 Å². The molecule has 4 N–H and O–H groups in total. The monoisotopic (exact) mass is 261 g/mol. The lowest BCUT2D eigenvalue weighted by Crippen LogP contribution is -2.14. The van der Waals surface area contributed by atoms with Gasteiger partial charge in [0.15, 0.2) is 5.69 Å². The molecule has 0 unspecified atom stereocenters. The van der Waals surface area contributed by atoms with E-state index in [4.69, 9.17) is 11.5 Å². The molecule has 0 fully saturated rings. The van der Waals surface area contributed by atoms with Gasteiger partial charge in [0.25, 0.3) is 5.91 Å². The number of carbonyl (C=O) groups excluding carboxylic acids is 1. The molecule has 2 aromatic rings. The van der Waals surface area contributed by atoms with E-state index >= 15 is 0 Å². The predicted molar refractivity (Wildman–Crippen MR) is 74.6 cm³/mol. The van der Waals surface area contributed by atoms with Gasteiger partial charge >= 0.3 is 0 Å². The number of nitrogens with zero attached hydrogens (tertiary/aromatic N) is 3. The molecule has 1 amide bonds. The van der Waals surface area contributed by atoms with Crippen LogP contribution in [0.25, 0.3) is 0 Å². The molecule has 0 atom stereocenters. The van der Waals surface area contributed by atoms with Crippen molar-refractivity contribution in [3.05, 3.63) is 41.5 Å². The number of amides is 1. The smallest absolute Gasteiger partial charge is 0.271 e. The second-order valence-electron chi connectivity index (χ2n) is 3.91.